The molecular weight excluding hydrogens is 428 g/mol. The van der Waals surface area contributed by atoms with Gasteiger partial charge in [0.1, 0.15) is 6.10 Å². The molecule has 0 aliphatic carbocycles. The topological polar surface area (TPSA) is 29.5 Å². The van der Waals surface area contributed by atoms with Crippen LogP contribution >= 0.6 is 49.0 Å². The molecule has 0 aromatic carbocycles. The molecule has 0 heterocycles. The van der Waals surface area contributed by atoms with Gasteiger partial charge in [0.25, 0.3) is 0 Å². The molecule has 14 heavy (non-hydrogen) atoms. The molecule has 6 heteroatoms. The molecule has 0 aliphatic heterocycles. The Morgan fingerprint density at radius 1 is 1.43 bits per heavy atom. The molecule has 0 bridgehead atoms. The number of carbonyl (C=O) groups excluding carboxylic acids is 1. The van der Waals surface area contributed by atoms with Crippen molar-refractivity contribution in [2.75, 3.05) is 27.5 Å². The minimum absolute atomic E-state index is 0.0821. The second-order valence-electron chi connectivity index (χ2n) is 2.88. The third-order valence-corrected chi connectivity index (χ3v) is 2.57. The number of ether oxygens (including phenoxy) is 1. The van der Waals surface area contributed by atoms with Gasteiger partial charge in [0.05, 0.1) is 0 Å². The van der Waals surface area contributed by atoms with Crippen LogP contribution in [0, 0.1) is 0 Å². The van der Waals surface area contributed by atoms with Gasteiger partial charge in [0.15, 0.2) is 0 Å². The first-order valence-electron chi connectivity index (χ1n) is 3.96. The molecule has 0 rings (SSSR count). The van der Waals surface area contributed by atoms with Crippen molar-refractivity contribution >= 4 is 54.1 Å². The second-order valence-corrected chi connectivity index (χ2v) is 3.69. The summed E-state index contributed by atoms with van der Waals surface area (Å²) in [4.78, 5) is 13.3. The van der Waals surface area contributed by atoms with Gasteiger partial charge in [0, 0.05) is 50.4 Å². The molecule has 0 saturated carbocycles. The molecule has 2 atom stereocenters. The normalized spacial score (nSPS) is 14.3. The number of hydrogen-bond acceptors (Lipinski definition) is 4. The maximum atomic E-state index is 11.3. The van der Waals surface area contributed by atoms with Crippen LogP contribution in [0.2, 0.25) is 0 Å². The van der Waals surface area contributed by atoms with E-state index in [0.29, 0.717) is 0 Å². The third kappa shape index (κ3) is 6.81. The van der Waals surface area contributed by atoms with E-state index in [9.17, 15) is 4.79 Å². The van der Waals surface area contributed by atoms with E-state index in [0.717, 1.165) is 0 Å². The number of methoxy groups -OCH3 is 1. The van der Waals surface area contributed by atoms with Crippen LogP contribution in [0.5, 0.6) is 0 Å². The molecule has 3 nitrogen and oxygen atoms in total. The third-order valence-electron chi connectivity index (χ3n) is 1.94. The monoisotopic (exact) mass is 445 g/mol. The highest BCUT2D eigenvalue weighted by molar-refractivity contribution is 15.0. The number of rotatable bonds is 4. The fourth-order valence-corrected chi connectivity index (χ4v) is 1.40. The standard InChI is InChI=1S/C8H17NO2S.I2/c1-6(9(2)3)7(11-4)8(10)12-5;1-2/h6-7H,1-5H3;. The molecule has 86 valence electrons. The number of nitrogens with zero attached hydrogens (tertiary/aromatic N) is 1. The van der Waals surface area contributed by atoms with Gasteiger partial charge in [-0.3, -0.25) is 4.79 Å². The lowest BCUT2D eigenvalue weighted by Crippen LogP contribution is -2.41. The van der Waals surface area contributed by atoms with Gasteiger partial charge in [-0.1, -0.05) is 11.8 Å². The Balaban J connectivity index is 0. The van der Waals surface area contributed by atoms with Gasteiger partial charge >= 0.3 is 0 Å². The number of hydrogen-bond donors (Lipinski definition) is 0. The van der Waals surface area contributed by atoms with E-state index in [1.54, 1.807) is 13.4 Å². The maximum Gasteiger partial charge on any atom is 0.219 e. The second kappa shape index (κ2) is 10.9. The van der Waals surface area contributed by atoms with Crippen LogP contribution in [0.4, 0.5) is 0 Å². The smallest absolute Gasteiger partial charge is 0.219 e. The van der Waals surface area contributed by atoms with Crippen molar-refractivity contribution in [2.24, 2.45) is 0 Å². The molecule has 0 aliphatic rings. The lowest BCUT2D eigenvalue weighted by Gasteiger charge is -2.26. The molecule has 0 fully saturated rings. The molecule has 2 unspecified atom stereocenters. The van der Waals surface area contributed by atoms with Crippen molar-refractivity contribution in [1.82, 2.24) is 4.90 Å². The Morgan fingerprint density at radius 3 is 2.07 bits per heavy atom. The zero-order valence-corrected chi connectivity index (χ0v) is 14.2. The molecule has 0 radical (unpaired) electrons. The SMILES string of the molecule is COC(C(=O)SC)C(C)N(C)C.II. The number of carbonyl (C=O) groups is 1. The fourth-order valence-electron chi connectivity index (χ4n) is 0.877. The average molecular weight is 445 g/mol. The predicted octanol–water partition coefficient (Wildman–Crippen LogP) is 2.61. The molecule has 0 N–H and O–H groups in total. The summed E-state index contributed by atoms with van der Waals surface area (Å²) in [5.74, 6) is 0. The van der Waals surface area contributed by atoms with Gasteiger partial charge in [-0.25, -0.2) is 0 Å². The summed E-state index contributed by atoms with van der Waals surface area (Å²) in [5.41, 5.74) is 0. The van der Waals surface area contributed by atoms with Crippen LogP contribution in [0.1, 0.15) is 6.92 Å². The van der Waals surface area contributed by atoms with Crippen LogP contribution in [0.15, 0.2) is 0 Å². The van der Waals surface area contributed by atoms with E-state index in [4.69, 9.17) is 4.74 Å². The highest BCUT2D eigenvalue weighted by Gasteiger charge is 2.25. The Labute approximate surface area is 114 Å². The van der Waals surface area contributed by atoms with Crippen molar-refractivity contribution < 1.29 is 9.53 Å². The van der Waals surface area contributed by atoms with Gasteiger partial charge in [0.2, 0.25) is 5.12 Å². The summed E-state index contributed by atoms with van der Waals surface area (Å²) < 4.78 is 5.11. The van der Waals surface area contributed by atoms with E-state index >= 15 is 0 Å². The highest BCUT2D eigenvalue weighted by atomic mass is 128. The van der Waals surface area contributed by atoms with Crippen LogP contribution < -0.4 is 0 Å². The lowest BCUT2D eigenvalue weighted by atomic mass is 10.2. The van der Waals surface area contributed by atoms with Crippen molar-refractivity contribution in [3.05, 3.63) is 0 Å². The molecule has 0 aromatic rings. The Bertz CT molecular complexity index is 158. The van der Waals surface area contributed by atoms with Crippen LogP contribution in [-0.4, -0.2) is 49.6 Å². The zero-order chi connectivity index (χ0) is 11.7. The zero-order valence-electron chi connectivity index (χ0n) is 9.08. The first-order chi connectivity index (χ1) is 6.54. The molecule has 0 aromatic heterocycles. The number of likely N-dealkylation sites (N-methyl/N-ethyl adjacent to an activating group) is 1. The van der Waals surface area contributed by atoms with Crippen molar-refractivity contribution in [1.29, 1.82) is 0 Å². The van der Waals surface area contributed by atoms with E-state index in [2.05, 4.69) is 37.2 Å². The summed E-state index contributed by atoms with van der Waals surface area (Å²) in [6.07, 6.45) is 1.45. The van der Waals surface area contributed by atoms with Gasteiger partial charge < -0.3 is 9.64 Å². The van der Waals surface area contributed by atoms with Crippen LogP contribution in [0.3, 0.4) is 0 Å². The lowest BCUT2D eigenvalue weighted by molar-refractivity contribution is -0.122. The average Bonchev–Trinajstić information content (AvgIpc) is 2.21. The van der Waals surface area contributed by atoms with Crippen molar-refractivity contribution in [3.63, 3.8) is 0 Å². The molecular formula is C8H17I2NO2S. The Kier molecular flexibility index (Phi) is 13.8. The first-order valence-corrected chi connectivity index (χ1v) is 11.5. The minimum atomic E-state index is -0.324. The summed E-state index contributed by atoms with van der Waals surface area (Å²) in [6, 6.07) is 0.120. The van der Waals surface area contributed by atoms with E-state index in [-0.39, 0.29) is 17.3 Å². The predicted molar refractivity (Wildman–Crippen MR) is 80.5 cm³/mol. The minimum Gasteiger partial charge on any atom is -0.371 e. The van der Waals surface area contributed by atoms with Crippen LogP contribution in [-0.2, 0) is 9.53 Å². The van der Waals surface area contributed by atoms with Crippen LogP contribution in [0.25, 0.3) is 0 Å². The summed E-state index contributed by atoms with van der Waals surface area (Å²) >= 11 is 5.45. The summed E-state index contributed by atoms with van der Waals surface area (Å²) in [7, 11) is 5.44. The molecule has 0 amide bonds. The first kappa shape index (κ1) is 17.8. The largest absolute Gasteiger partial charge is 0.371 e. The van der Waals surface area contributed by atoms with Gasteiger partial charge in [-0.05, 0) is 27.3 Å². The highest BCUT2D eigenvalue weighted by Crippen LogP contribution is 2.11. The van der Waals surface area contributed by atoms with E-state index in [1.807, 2.05) is 25.9 Å². The van der Waals surface area contributed by atoms with E-state index < -0.39 is 0 Å². The van der Waals surface area contributed by atoms with E-state index in [1.165, 1.54) is 11.8 Å². The molecule has 0 spiro atoms. The van der Waals surface area contributed by atoms with Crippen molar-refractivity contribution in [3.8, 4) is 0 Å². The number of halogens is 2. The Hall–Kier alpha value is 1.40. The number of thioether (sulfide) groups is 1. The van der Waals surface area contributed by atoms with Gasteiger partial charge in [-0.2, -0.15) is 0 Å². The van der Waals surface area contributed by atoms with Crippen molar-refractivity contribution in [2.45, 2.75) is 19.1 Å². The quantitative estimate of drug-likeness (QED) is 0.623. The molecule has 0 saturated heterocycles. The fraction of sp³-hybridized carbons (Fsp3) is 0.875. The maximum absolute atomic E-state index is 11.3. The Morgan fingerprint density at radius 2 is 1.86 bits per heavy atom. The summed E-state index contributed by atoms with van der Waals surface area (Å²) in [6.45, 7) is 1.97. The summed E-state index contributed by atoms with van der Waals surface area (Å²) in [5, 5.41) is 0.0821. The van der Waals surface area contributed by atoms with Gasteiger partial charge in [-0.15, -0.1) is 0 Å².